The molecule has 1 heteroatoms. The van der Waals surface area contributed by atoms with Gasteiger partial charge in [-0.1, -0.05) is 67.8 Å². The number of allylic oxidation sites excluding steroid dienone is 2. The fourth-order valence-electron chi connectivity index (χ4n) is 4.82. The van der Waals surface area contributed by atoms with Gasteiger partial charge in [-0.2, -0.15) is 0 Å². The van der Waals surface area contributed by atoms with Gasteiger partial charge in [0.2, 0.25) is 0 Å². The summed E-state index contributed by atoms with van der Waals surface area (Å²) in [6.07, 6.45) is 19.3. The van der Waals surface area contributed by atoms with Crippen LogP contribution in [0.5, 0.6) is 0 Å². The second-order valence-electron chi connectivity index (χ2n) is 8.67. The summed E-state index contributed by atoms with van der Waals surface area (Å²) in [4.78, 5) is 0. The SMILES string of the molecule is CCCC[C@H]1CC[C@H](C=CC#C[C@H]2CC[C@H](c3ccc(Cl)cc3)CC2)CC1. The van der Waals surface area contributed by atoms with Gasteiger partial charge in [-0.05, 0) is 92.9 Å². The first-order chi connectivity index (χ1) is 13.2. The highest BCUT2D eigenvalue weighted by atomic mass is 35.5. The smallest absolute Gasteiger partial charge is 0.0406 e. The third kappa shape index (κ3) is 6.73. The van der Waals surface area contributed by atoms with Gasteiger partial charge in [-0.15, -0.1) is 0 Å². The second kappa shape index (κ2) is 11.0. The summed E-state index contributed by atoms with van der Waals surface area (Å²) in [5, 5.41) is 0.833. The molecule has 2 fully saturated rings. The lowest BCUT2D eigenvalue weighted by Crippen LogP contribution is -2.13. The Morgan fingerprint density at radius 3 is 2.33 bits per heavy atom. The predicted molar refractivity (Wildman–Crippen MR) is 118 cm³/mol. The normalized spacial score (nSPS) is 28.7. The van der Waals surface area contributed by atoms with Crippen LogP contribution in [0.3, 0.4) is 0 Å². The molecule has 0 radical (unpaired) electrons. The van der Waals surface area contributed by atoms with Crippen molar-refractivity contribution in [1.29, 1.82) is 0 Å². The zero-order valence-electron chi connectivity index (χ0n) is 16.9. The van der Waals surface area contributed by atoms with Gasteiger partial charge in [0.1, 0.15) is 0 Å². The minimum Gasteiger partial charge on any atom is -0.0951 e. The van der Waals surface area contributed by atoms with E-state index in [4.69, 9.17) is 11.6 Å². The van der Waals surface area contributed by atoms with E-state index in [0.717, 1.165) is 16.9 Å². The number of hydrogen-bond acceptors (Lipinski definition) is 0. The molecule has 0 aromatic heterocycles. The standard InChI is InChI=1S/C26H35Cl/c1-2-3-6-21-9-11-22(12-10-21)7-4-5-8-23-13-15-24(16-14-23)25-17-19-26(27)20-18-25/h4,7,17-24H,2-3,6,9-16H2,1H3/t21-,22-,23-,24-. The van der Waals surface area contributed by atoms with Crippen molar-refractivity contribution in [3.8, 4) is 11.8 Å². The first kappa shape index (κ1) is 20.5. The maximum atomic E-state index is 6.00. The van der Waals surface area contributed by atoms with Crippen molar-refractivity contribution in [3.05, 3.63) is 47.0 Å². The summed E-state index contributed by atoms with van der Waals surface area (Å²) >= 11 is 6.00. The minimum atomic E-state index is 0.586. The molecule has 2 aliphatic carbocycles. The fourth-order valence-corrected chi connectivity index (χ4v) is 4.94. The second-order valence-corrected chi connectivity index (χ2v) is 9.11. The van der Waals surface area contributed by atoms with E-state index >= 15 is 0 Å². The summed E-state index contributed by atoms with van der Waals surface area (Å²) in [7, 11) is 0. The molecule has 0 bridgehead atoms. The highest BCUT2D eigenvalue weighted by Gasteiger charge is 2.21. The van der Waals surface area contributed by atoms with Crippen molar-refractivity contribution in [3.63, 3.8) is 0 Å². The largest absolute Gasteiger partial charge is 0.0951 e. The summed E-state index contributed by atoms with van der Waals surface area (Å²) in [6.45, 7) is 2.30. The highest BCUT2D eigenvalue weighted by molar-refractivity contribution is 6.30. The van der Waals surface area contributed by atoms with Gasteiger partial charge < -0.3 is 0 Å². The fraction of sp³-hybridized carbons (Fsp3) is 0.615. The molecule has 27 heavy (non-hydrogen) atoms. The summed E-state index contributed by atoms with van der Waals surface area (Å²) in [5.41, 5.74) is 1.44. The van der Waals surface area contributed by atoms with E-state index in [9.17, 15) is 0 Å². The lowest BCUT2D eigenvalue weighted by Gasteiger charge is -2.26. The topological polar surface area (TPSA) is 0 Å². The number of rotatable bonds is 5. The lowest BCUT2D eigenvalue weighted by atomic mass is 9.79. The third-order valence-electron chi connectivity index (χ3n) is 6.67. The molecule has 0 aliphatic heterocycles. The van der Waals surface area contributed by atoms with Crippen LogP contribution in [0.15, 0.2) is 36.4 Å². The minimum absolute atomic E-state index is 0.586. The number of halogens is 1. The molecule has 0 heterocycles. The average molecular weight is 383 g/mol. The quantitative estimate of drug-likeness (QED) is 0.450. The van der Waals surface area contributed by atoms with Crippen LogP contribution in [0.4, 0.5) is 0 Å². The van der Waals surface area contributed by atoms with Crippen LogP contribution < -0.4 is 0 Å². The molecule has 2 aliphatic rings. The van der Waals surface area contributed by atoms with E-state index < -0.39 is 0 Å². The van der Waals surface area contributed by atoms with Crippen molar-refractivity contribution in [2.75, 3.05) is 0 Å². The van der Waals surface area contributed by atoms with E-state index in [-0.39, 0.29) is 0 Å². The maximum Gasteiger partial charge on any atom is 0.0406 e. The maximum absolute atomic E-state index is 6.00. The van der Waals surface area contributed by atoms with E-state index in [0.29, 0.717) is 11.8 Å². The van der Waals surface area contributed by atoms with Crippen LogP contribution >= 0.6 is 11.6 Å². The Bertz CT molecular complexity index is 629. The summed E-state index contributed by atoms with van der Waals surface area (Å²) in [5.74, 6) is 9.93. The molecule has 0 amide bonds. The zero-order chi connectivity index (χ0) is 18.9. The Labute approximate surface area is 171 Å². The van der Waals surface area contributed by atoms with Crippen molar-refractivity contribution < 1.29 is 0 Å². The summed E-state index contributed by atoms with van der Waals surface area (Å²) < 4.78 is 0. The van der Waals surface area contributed by atoms with E-state index in [2.05, 4.69) is 43.0 Å². The molecule has 0 unspecified atom stereocenters. The van der Waals surface area contributed by atoms with Crippen molar-refractivity contribution in [2.24, 2.45) is 17.8 Å². The highest BCUT2D eigenvalue weighted by Crippen LogP contribution is 2.36. The van der Waals surface area contributed by atoms with Crippen molar-refractivity contribution in [2.45, 2.75) is 83.5 Å². The van der Waals surface area contributed by atoms with Crippen LogP contribution in [-0.2, 0) is 0 Å². The Hall–Kier alpha value is -1.19. The molecule has 3 rings (SSSR count). The molecule has 146 valence electrons. The Balaban J connectivity index is 1.37. The van der Waals surface area contributed by atoms with Crippen LogP contribution in [0.25, 0.3) is 0 Å². The molecule has 0 N–H and O–H groups in total. The zero-order valence-corrected chi connectivity index (χ0v) is 17.7. The number of unbranched alkanes of at least 4 members (excludes halogenated alkanes) is 1. The van der Waals surface area contributed by atoms with E-state index in [1.165, 1.54) is 76.2 Å². The van der Waals surface area contributed by atoms with Crippen molar-refractivity contribution in [1.82, 2.24) is 0 Å². The monoisotopic (exact) mass is 382 g/mol. The molecular weight excluding hydrogens is 348 g/mol. The van der Waals surface area contributed by atoms with Crippen LogP contribution in [0.1, 0.15) is 89.0 Å². The first-order valence-electron chi connectivity index (χ1n) is 11.2. The predicted octanol–water partition coefficient (Wildman–Crippen LogP) is 8.17. The van der Waals surface area contributed by atoms with Gasteiger partial charge in [0, 0.05) is 10.9 Å². The Morgan fingerprint density at radius 2 is 1.67 bits per heavy atom. The van der Waals surface area contributed by atoms with Crippen LogP contribution in [0.2, 0.25) is 5.02 Å². The third-order valence-corrected chi connectivity index (χ3v) is 6.92. The van der Waals surface area contributed by atoms with E-state index in [1.807, 2.05) is 12.1 Å². The molecule has 0 nitrogen and oxygen atoms in total. The summed E-state index contributed by atoms with van der Waals surface area (Å²) in [6, 6.07) is 8.42. The number of hydrogen-bond donors (Lipinski definition) is 0. The van der Waals surface area contributed by atoms with Crippen LogP contribution in [-0.4, -0.2) is 0 Å². The molecule has 1 aromatic rings. The van der Waals surface area contributed by atoms with Gasteiger partial charge in [0.25, 0.3) is 0 Å². The first-order valence-corrected chi connectivity index (χ1v) is 11.6. The lowest BCUT2D eigenvalue weighted by molar-refractivity contribution is 0.291. The van der Waals surface area contributed by atoms with Gasteiger partial charge in [-0.25, -0.2) is 0 Å². The Morgan fingerprint density at radius 1 is 0.963 bits per heavy atom. The molecule has 1 aromatic carbocycles. The van der Waals surface area contributed by atoms with Gasteiger partial charge >= 0.3 is 0 Å². The van der Waals surface area contributed by atoms with Crippen LogP contribution in [0, 0.1) is 29.6 Å². The molecule has 0 atom stereocenters. The Kier molecular flexibility index (Phi) is 8.34. The molecular formula is C26H35Cl. The van der Waals surface area contributed by atoms with Crippen molar-refractivity contribution >= 4 is 11.6 Å². The number of benzene rings is 1. The molecule has 0 spiro atoms. The van der Waals surface area contributed by atoms with Gasteiger partial charge in [-0.3, -0.25) is 0 Å². The van der Waals surface area contributed by atoms with E-state index in [1.54, 1.807) is 0 Å². The molecule has 0 saturated heterocycles. The molecule has 2 saturated carbocycles. The van der Waals surface area contributed by atoms with Gasteiger partial charge in [0.15, 0.2) is 0 Å². The average Bonchev–Trinajstić information content (AvgIpc) is 2.72. The van der Waals surface area contributed by atoms with Gasteiger partial charge in [0.05, 0.1) is 0 Å².